The molecule has 1 aromatic carbocycles. The van der Waals surface area contributed by atoms with Gasteiger partial charge in [-0.25, -0.2) is 9.59 Å². The molecule has 1 aliphatic heterocycles. The molecule has 6 nitrogen and oxygen atoms in total. The molecule has 2 rings (SSSR count). The molecule has 0 radical (unpaired) electrons. The van der Waals surface area contributed by atoms with E-state index in [0.29, 0.717) is 19.3 Å². The van der Waals surface area contributed by atoms with Crippen molar-refractivity contribution in [3.8, 4) is 0 Å². The normalized spacial score (nSPS) is 16.9. The summed E-state index contributed by atoms with van der Waals surface area (Å²) in [5.41, 5.74) is 0.376. The van der Waals surface area contributed by atoms with Gasteiger partial charge in [-0.3, -0.25) is 0 Å². The van der Waals surface area contributed by atoms with E-state index in [4.69, 9.17) is 14.6 Å². The number of ether oxygens (including phenoxy) is 2. The predicted molar refractivity (Wildman–Crippen MR) is 67.8 cm³/mol. The summed E-state index contributed by atoms with van der Waals surface area (Å²) in [7, 11) is 0. The highest BCUT2D eigenvalue weighted by molar-refractivity contribution is 5.96. The lowest BCUT2D eigenvalue weighted by molar-refractivity contribution is -0.308. The second-order valence-electron chi connectivity index (χ2n) is 4.61. The Morgan fingerprint density at radius 2 is 1.60 bits per heavy atom. The Kier molecular flexibility index (Phi) is 4.36. The lowest BCUT2D eigenvalue weighted by Gasteiger charge is -2.28. The number of carbonyl (C=O) groups is 2. The first kappa shape index (κ1) is 14.5. The third-order valence-electron chi connectivity index (χ3n) is 2.99. The molecule has 0 unspecified atom stereocenters. The first-order valence-electron chi connectivity index (χ1n) is 6.44. The van der Waals surface area contributed by atoms with Crippen LogP contribution in [0.5, 0.6) is 0 Å². The summed E-state index contributed by atoms with van der Waals surface area (Å²) in [5.74, 6) is -3.75. The van der Waals surface area contributed by atoms with Crippen LogP contribution in [-0.4, -0.2) is 34.7 Å². The van der Waals surface area contributed by atoms with Crippen LogP contribution < -0.4 is 0 Å². The highest BCUT2D eigenvalue weighted by Gasteiger charge is 2.38. The topological polar surface area (TPSA) is 93.1 Å². The van der Waals surface area contributed by atoms with Crippen LogP contribution in [0.4, 0.5) is 0 Å². The molecule has 1 heterocycles. The van der Waals surface area contributed by atoms with Gasteiger partial charge in [0.2, 0.25) is 0 Å². The summed E-state index contributed by atoms with van der Waals surface area (Å²) in [4.78, 5) is 23.7. The second kappa shape index (κ2) is 6.02. The zero-order valence-electron chi connectivity index (χ0n) is 10.9. The molecule has 0 amide bonds. The van der Waals surface area contributed by atoms with Gasteiger partial charge in [0.1, 0.15) is 0 Å². The van der Waals surface area contributed by atoms with Gasteiger partial charge in [-0.15, -0.1) is 0 Å². The molecule has 0 aromatic heterocycles. The maximum Gasteiger partial charge on any atom is 0.373 e. The van der Waals surface area contributed by atoms with Gasteiger partial charge >= 0.3 is 17.9 Å². The maximum absolute atomic E-state index is 11.8. The number of fused-ring (bicyclic) bond motifs is 2. The number of hydrogen-bond donors (Lipinski definition) is 2. The van der Waals surface area contributed by atoms with Crippen molar-refractivity contribution in [3.05, 3.63) is 35.4 Å². The molecule has 0 saturated carbocycles. The van der Waals surface area contributed by atoms with Gasteiger partial charge in [0.05, 0.1) is 17.5 Å². The third kappa shape index (κ3) is 3.34. The molecule has 6 heteroatoms. The van der Waals surface area contributed by atoms with Crippen LogP contribution in [0.1, 0.15) is 46.4 Å². The fourth-order valence-electron chi connectivity index (χ4n) is 1.94. The van der Waals surface area contributed by atoms with Gasteiger partial charge in [0, 0.05) is 6.61 Å². The molecule has 0 saturated heterocycles. The summed E-state index contributed by atoms with van der Waals surface area (Å²) >= 11 is 0. The van der Waals surface area contributed by atoms with Crippen LogP contribution in [-0.2, 0) is 9.47 Å². The SMILES string of the molecule is O=C1OC(O)(CCCCCO)OC(=O)c2cccc1c2. The number of cyclic esters (lactones) is 2. The zero-order valence-corrected chi connectivity index (χ0v) is 10.9. The zero-order chi connectivity index (χ0) is 14.6. The van der Waals surface area contributed by atoms with Gasteiger partial charge in [0.25, 0.3) is 0 Å². The van der Waals surface area contributed by atoms with Crippen molar-refractivity contribution in [3.63, 3.8) is 0 Å². The average Bonchev–Trinajstić information content (AvgIpc) is 2.43. The number of benzene rings is 1. The number of hydrogen-bond acceptors (Lipinski definition) is 6. The average molecular weight is 280 g/mol. The van der Waals surface area contributed by atoms with Gasteiger partial charge < -0.3 is 19.7 Å². The van der Waals surface area contributed by atoms with E-state index in [2.05, 4.69) is 0 Å². The Morgan fingerprint density at radius 1 is 1.00 bits per heavy atom. The number of esters is 2. The number of aliphatic hydroxyl groups is 2. The van der Waals surface area contributed by atoms with E-state index in [1.165, 1.54) is 18.2 Å². The van der Waals surface area contributed by atoms with Crippen LogP contribution in [0.3, 0.4) is 0 Å². The minimum atomic E-state index is -2.26. The largest absolute Gasteiger partial charge is 0.396 e. The first-order valence-corrected chi connectivity index (χ1v) is 6.44. The predicted octanol–water partition coefficient (Wildman–Crippen LogP) is 1.21. The molecule has 1 aliphatic rings. The Morgan fingerprint density at radius 3 is 2.15 bits per heavy atom. The van der Waals surface area contributed by atoms with Crippen molar-refractivity contribution in [1.82, 2.24) is 0 Å². The lowest BCUT2D eigenvalue weighted by Crippen LogP contribution is -2.41. The highest BCUT2D eigenvalue weighted by Crippen LogP contribution is 2.25. The molecule has 0 fully saturated rings. The summed E-state index contributed by atoms with van der Waals surface area (Å²) < 4.78 is 9.76. The smallest absolute Gasteiger partial charge is 0.373 e. The first-order chi connectivity index (χ1) is 9.54. The Bertz CT molecular complexity index is 477. The molecule has 0 aliphatic carbocycles. The van der Waals surface area contributed by atoms with Crippen LogP contribution in [0.15, 0.2) is 24.3 Å². The van der Waals surface area contributed by atoms with Gasteiger partial charge in [-0.05, 0) is 31.0 Å². The Hall–Kier alpha value is -1.92. The molecular weight excluding hydrogens is 264 g/mol. The van der Waals surface area contributed by atoms with E-state index in [1.807, 2.05) is 0 Å². The van der Waals surface area contributed by atoms with Crippen LogP contribution >= 0.6 is 0 Å². The van der Waals surface area contributed by atoms with E-state index < -0.39 is 17.9 Å². The maximum atomic E-state index is 11.8. The van der Waals surface area contributed by atoms with E-state index >= 15 is 0 Å². The highest BCUT2D eigenvalue weighted by atomic mass is 16.8. The van der Waals surface area contributed by atoms with Crippen molar-refractivity contribution in [1.29, 1.82) is 0 Å². The van der Waals surface area contributed by atoms with Crippen LogP contribution in [0, 0.1) is 0 Å². The number of unbranched alkanes of at least 4 members (excludes halogenated alkanes) is 2. The number of aliphatic hydroxyl groups excluding tert-OH is 1. The van der Waals surface area contributed by atoms with E-state index in [0.717, 1.165) is 0 Å². The molecule has 2 N–H and O–H groups in total. The standard InChI is InChI=1S/C14H16O6/c15-8-3-1-2-7-14(18)19-12(16)10-5-4-6-11(9-10)13(17)20-14/h4-6,9,15,18H,1-3,7-8H2. The fraction of sp³-hybridized carbons (Fsp3) is 0.429. The van der Waals surface area contributed by atoms with E-state index in [9.17, 15) is 14.7 Å². The minimum Gasteiger partial charge on any atom is -0.396 e. The number of carbonyl (C=O) groups excluding carboxylic acids is 2. The quantitative estimate of drug-likeness (QED) is 0.622. The van der Waals surface area contributed by atoms with Crippen LogP contribution in [0.25, 0.3) is 0 Å². The van der Waals surface area contributed by atoms with Crippen molar-refractivity contribution < 1.29 is 29.3 Å². The summed E-state index contributed by atoms with van der Waals surface area (Å²) in [6, 6.07) is 5.89. The Labute approximate surface area is 115 Å². The summed E-state index contributed by atoms with van der Waals surface area (Å²) in [6.07, 6.45) is 1.61. The molecular formula is C14H16O6. The second-order valence-corrected chi connectivity index (χ2v) is 4.61. The van der Waals surface area contributed by atoms with Crippen molar-refractivity contribution in [2.75, 3.05) is 6.61 Å². The third-order valence-corrected chi connectivity index (χ3v) is 2.99. The van der Waals surface area contributed by atoms with Gasteiger partial charge in [-0.1, -0.05) is 12.5 Å². The lowest BCUT2D eigenvalue weighted by atomic mass is 10.1. The molecule has 2 bridgehead atoms. The minimum absolute atomic E-state index is 0.0330. The van der Waals surface area contributed by atoms with Gasteiger partial charge in [0.15, 0.2) is 0 Å². The van der Waals surface area contributed by atoms with Crippen molar-refractivity contribution >= 4 is 11.9 Å². The summed E-state index contributed by atoms with van der Waals surface area (Å²) in [6.45, 7) is 0.0442. The fourth-order valence-corrected chi connectivity index (χ4v) is 1.94. The number of rotatable bonds is 5. The van der Waals surface area contributed by atoms with Gasteiger partial charge in [-0.2, -0.15) is 0 Å². The van der Waals surface area contributed by atoms with Crippen LogP contribution in [0.2, 0.25) is 0 Å². The summed E-state index contributed by atoms with van der Waals surface area (Å²) in [5, 5.41) is 18.8. The monoisotopic (exact) mass is 280 g/mol. The molecule has 0 spiro atoms. The van der Waals surface area contributed by atoms with E-state index in [1.54, 1.807) is 6.07 Å². The molecule has 0 atom stereocenters. The molecule has 1 aromatic rings. The van der Waals surface area contributed by atoms with Crippen molar-refractivity contribution in [2.45, 2.75) is 31.7 Å². The molecule has 20 heavy (non-hydrogen) atoms. The Balaban J connectivity index is 2.13. The van der Waals surface area contributed by atoms with E-state index in [-0.39, 0.29) is 24.2 Å². The molecule has 108 valence electrons. The van der Waals surface area contributed by atoms with Crippen molar-refractivity contribution in [2.24, 2.45) is 0 Å².